The molecule has 0 saturated heterocycles. The second-order valence-corrected chi connectivity index (χ2v) is 5.75. The average Bonchev–Trinajstić information content (AvgIpc) is 3.19. The predicted molar refractivity (Wildman–Crippen MR) is 95.5 cm³/mol. The van der Waals surface area contributed by atoms with E-state index >= 15 is 0 Å². The highest BCUT2D eigenvalue weighted by Crippen LogP contribution is 2.21. The molecule has 7 heteroatoms. The van der Waals surface area contributed by atoms with Crippen molar-refractivity contribution in [1.29, 1.82) is 0 Å². The smallest absolute Gasteiger partial charge is 0.322 e. The molecule has 0 unspecified atom stereocenters. The summed E-state index contributed by atoms with van der Waals surface area (Å²) >= 11 is 0. The van der Waals surface area contributed by atoms with Crippen LogP contribution in [0, 0.1) is 0 Å². The third kappa shape index (κ3) is 2.94. The summed E-state index contributed by atoms with van der Waals surface area (Å²) in [6.45, 7) is 0. The third-order valence-electron chi connectivity index (χ3n) is 3.91. The Hall–Kier alpha value is -3.61. The number of carbonyl (C=O) groups is 1. The number of rotatable bonds is 3. The van der Waals surface area contributed by atoms with Gasteiger partial charge in [-0.2, -0.15) is 5.10 Å². The maximum absolute atomic E-state index is 12.5. The molecule has 0 aliphatic carbocycles. The molecule has 0 atom stereocenters. The zero-order chi connectivity index (χ0) is 17.4. The largest absolute Gasteiger partial charge is 0.323 e. The molecule has 0 aliphatic rings. The molecule has 7 nitrogen and oxygen atoms in total. The number of hydrogen-bond acceptors (Lipinski definition) is 3. The summed E-state index contributed by atoms with van der Waals surface area (Å²) in [5, 5.41) is 7.23. The highest BCUT2D eigenvalue weighted by atomic mass is 16.2. The van der Waals surface area contributed by atoms with Gasteiger partial charge in [0.15, 0.2) is 0 Å². The Morgan fingerprint density at radius 3 is 2.72 bits per heavy atom. The van der Waals surface area contributed by atoms with Gasteiger partial charge in [-0.25, -0.2) is 4.79 Å². The van der Waals surface area contributed by atoms with Gasteiger partial charge in [-0.3, -0.25) is 9.48 Å². The second-order valence-electron chi connectivity index (χ2n) is 5.75. The Bertz CT molecular complexity index is 1140. The molecule has 0 aliphatic heterocycles. The average molecular weight is 333 g/mol. The van der Waals surface area contributed by atoms with Gasteiger partial charge in [-0.15, -0.1) is 0 Å². The van der Waals surface area contributed by atoms with Gasteiger partial charge in [0.1, 0.15) is 0 Å². The van der Waals surface area contributed by atoms with Gasteiger partial charge in [0, 0.05) is 30.1 Å². The number of nitrogens with zero attached hydrogens (tertiary/aromatic N) is 2. The number of H-pyrrole nitrogens is 2. The molecule has 2 aromatic carbocycles. The molecule has 0 radical (unpaired) electrons. The summed E-state index contributed by atoms with van der Waals surface area (Å²) in [4.78, 5) is 29.1. The summed E-state index contributed by atoms with van der Waals surface area (Å²) in [6, 6.07) is 14.4. The number of benzene rings is 2. The first kappa shape index (κ1) is 14.9. The number of aryl methyl sites for hydroxylation is 1. The lowest BCUT2D eigenvalue weighted by atomic mass is 10.1. The van der Waals surface area contributed by atoms with E-state index in [0.29, 0.717) is 22.3 Å². The lowest BCUT2D eigenvalue weighted by Gasteiger charge is -2.07. The van der Waals surface area contributed by atoms with Crippen molar-refractivity contribution in [2.45, 2.75) is 0 Å². The van der Waals surface area contributed by atoms with Crippen LogP contribution < -0.4 is 11.0 Å². The predicted octanol–water partition coefficient (Wildman–Crippen LogP) is 2.51. The minimum atomic E-state index is -0.296. The molecule has 2 heterocycles. The summed E-state index contributed by atoms with van der Waals surface area (Å²) in [5.74, 6) is -0.248. The van der Waals surface area contributed by atoms with Crippen LogP contribution in [0.25, 0.3) is 22.3 Å². The zero-order valence-corrected chi connectivity index (χ0v) is 13.4. The third-order valence-corrected chi connectivity index (χ3v) is 3.91. The number of aromatic amines is 2. The molecule has 1 amide bonds. The maximum atomic E-state index is 12.5. The highest BCUT2D eigenvalue weighted by Gasteiger charge is 2.09. The molecule has 2 aromatic heterocycles. The highest BCUT2D eigenvalue weighted by molar-refractivity contribution is 6.06. The maximum Gasteiger partial charge on any atom is 0.323 e. The Balaban J connectivity index is 1.60. The van der Waals surface area contributed by atoms with Crippen LogP contribution in [0.4, 0.5) is 5.69 Å². The Morgan fingerprint density at radius 2 is 1.92 bits per heavy atom. The minimum Gasteiger partial charge on any atom is -0.322 e. The van der Waals surface area contributed by atoms with Crippen molar-refractivity contribution >= 4 is 22.6 Å². The molecule has 0 spiro atoms. The molecule has 124 valence electrons. The van der Waals surface area contributed by atoms with Crippen molar-refractivity contribution in [3.63, 3.8) is 0 Å². The SMILES string of the molecule is Cn1ccc(-c2cccc(NC(=O)c3ccc4[nH]c(=O)[nH]c4c3)c2)n1. The molecule has 4 aromatic rings. The van der Waals surface area contributed by atoms with Crippen LogP contribution in [0.15, 0.2) is 59.5 Å². The summed E-state index contributed by atoms with van der Waals surface area (Å²) in [7, 11) is 1.86. The fourth-order valence-corrected chi connectivity index (χ4v) is 2.70. The van der Waals surface area contributed by atoms with Gasteiger partial charge in [0.2, 0.25) is 0 Å². The summed E-state index contributed by atoms with van der Waals surface area (Å²) in [6.07, 6.45) is 1.87. The standard InChI is InChI=1S/C18H15N5O2/c1-23-8-7-14(22-23)11-3-2-4-13(9-11)19-17(24)12-5-6-15-16(10-12)21-18(25)20-15/h2-10H,1H3,(H,19,24)(H2,20,21,25). The molecule has 4 rings (SSSR count). The molecule has 0 bridgehead atoms. The van der Waals surface area contributed by atoms with Crippen LogP contribution in [-0.2, 0) is 7.05 Å². The van der Waals surface area contributed by atoms with Gasteiger partial charge in [0.05, 0.1) is 16.7 Å². The van der Waals surface area contributed by atoms with Gasteiger partial charge in [-0.1, -0.05) is 12.1 Å². The number of carbonyl (C=O) groups excluding carboxylic acids is 1. The van der Waals surface area contributed by atoms with Gasteiger partial charge in [0.25, 0.3) is 5.91 Å². The number of aromatic nitrogens is 4. The van der Waals surface area contributed by atoms with E-state index in [4.69, 9.17) is 0 Å². The number of fused-ring (bicyclic) bond motifs is 1. The van der Waals surface area contributed by atoms with Crippen molar-refractivity contribution in [3.05, 3.63) is 70.8 Å². The van der Waals surface area contributed by atoms with E-state index in [1.807, 2.05) is 43.6 Å². The topological polar surface area (TPSA) is 95.6 Å². The Labute approximate surface area is 142 Å². The fraction of sp³-hybridized carbons (Fsp3) is 0.0556. The minimum absolute atomic E-state index is 0.248. The van der Waals surface area contributed by atoms with Crippen molar-refractivity contribution in [3.8, 4) is 11.3 Å². The Kier molecular flexibility index (Phi) is 3.46. The van der Waals surface area contributed by atoms with E-state index in [1.165, 1.54) is 0 Å². The van der Waals surface area contributed by atoms with Crippen molar-refractivity contribution in [1.82, 2.24) is 19.7 Å². The van der Waals surface area contributed by atoms with Crippen LogP contribution in [0.2, 0.25) is 0 Å². The molecule has 25 heavy (non-hydrogen) atoms. The lowest BCUT2D eigenvalue weighted by Crippen LogP contribution is -2.11. The number of nitrogens with one attached hydrogen (secondary N) is 3. The first-order valence-corrected chi connectivity index (χ1v) is 7.72. The lowest BCUT2D eigenvalue weighted by molar-refractivity contribution is 0.102. The van der Waals surface area contributed by atoms with Crippen LogP contribution in [0.5, 0.6) is 0 Å². The summed E-state index contributed by atoms with van der Waals surface area (Å²) < 4.78 is 1.73. The van der Waals surface area contributed by atoms with Crippen LogP contribution in [-0.4, -0.2) is 25.7 Å². The van der Waals surface area contributed by atoms with Crippen molar-refractivity contribution in [2.75, 3.05) is 5.32 Å². The molecule has 3 N–H and O–H groups in total. The summed E-state index contributed by atoms with van der Waals surface area (Å²) in [5.41, 5.74) is 3.87. The van der Waals surface area contributed by atoms with E-state index in [2.05, 4.69) is 20.4 Å². The monoisotopic (exact) mass is 333 g/mol. The van der Waals surface area contributed by atoms with Crippen LogP contribution >= 0.6 is 0 Å². The van der Waals surface area contributed by atoms with Crippen LogP contribution in [0.3, 0.4) is 0 Å². The van der Waals surface area contributed by atoms with Gasteiger partial charge in [-0.05, 0) is 36.4 Å². The molecule has 0 saturated carbocycles. The quantitative estimate of drug-likeness (QED) is 0.537. The first-order valence-electron chi connectivity index (χ1n) is 7.72. The van der Waals surface area contributed by atoms with E-state index in [1.54, 1.807) is 22.9 Å². The number of hydrogen-bond donors (Lipinski definition) is 3. The van der Waals surface area contributed by atoms with Crippen molar-refractivity contribution in [2.24, 2.45) is 7.05 Å². The van der Waals surface area contributed by atoms with Gasteiger partial charge >= 0.3 is 5.69 Å². The number of anilines is 1. The van der Waals surface area contributed by atoms with Crippen molar-refractivity contribution < 1.29 is 4.79 Å². The number of imidazole rings is 1. The Morgan fingerprint density at radius 1 is 1.08 bits per heavy atom. The normalized spacial score (nSPS) is 10.9. The zero-order valence-electron chi connectivity index (χ0n) is 13.4. The molecule has 0 fully saturated rings. The molecular weight excluding hydrogens is 318 g/mol. The fourth-order valence-electron chi connectivity index (χ4n) is 2.70. The van der Waals surface area contributed by atoms with E-state index in [-0.39, 0.29) is 11.6 Å². The second kappa shape index (κ2) is 5.79. The first-order chi connectivity index (χ1) is 12.1. The van der Waals surface area contributed by atoms with Gasteiger partial charge < -0.3 is 15.3 Å². The van der Waals surface area contributed by atoms with E-state index < -0.39 is 0 Å². The van der Waals surface area contributed by atoms with E-state index in [0.717, 1.165) is 11.3 Å². The van der Waals surface area contributed by atoms with Crippen LogP contribution in [0.1, 0.15) is 10.4 Å². The molecular formula is C18H15N5O2. The van der Waals surface area contributed by atoms with E-state index in [9.17, 15) is 9.59 Å². The number of amides is 1.